The largest absolute Gasteiger partial charge is 0.438 e. The monoisotopic (exact) mass is 255 g/mol. The molecular weight excluding hydrogens is 238 g/mol. The molecule has 0 fully saturated rings. The number of ether oxygens (including phenoxy) is 1. The van der Waals surface area contributed by atoms with E-state index in [4.69, 9.17) is 10.00 Å². The Morgan fingerprint density at radius 1 is 1.26 bits per heavy atom. The summed E-state index contributed by atoms with van der Waals surface area (Å²) in [7, 11) is 1.77. The van der Waals surface area contributed by atoms with E-state index in [2.05, 4.69) is 25.0 Å². The molecule has 0 unspecified atom stereocenters. The fourth-order valence-electron chi connectivity index (χ4n) is 1.92. The first-order valence-electron chi connectivity index (χ1n) is 6.24. The molecule has 4 heteroatoms. The number of aromatic nitrogens is 2. The maximum atomic E-state index is 9.12. The molecule has 0 aliphatic heterocycles. The van der Waals surface area contributed by atoms with E-state index in [1.807, 2.05) is 24.3 Å². The van der Waals surface area contributed by atoms with Crippen molar-refractivity contribution < 1.29 is 4.74 Å². The molecule has 0 radical (unpaired) electrons. The van der Waals surface area contributed by atoms with Gasteiger partial charge in [0.15, 0.2) is 0 Å². The van der Waals surface area contributed by atoms with Gasteiger partial charge in [0.1, 0.15) is 17.4 Å². The van der Waals surface area contributed by atoms with Crippen molar-refractivity contribution in [3.05, 3.63) is 41.1 Å². The molecule has 19 heavy (non-hydrogen) atoms. The number of hydrogen-bond acceptors (Lipinski definition) is 3. The third-order valence-electron chi connectivity index (χ3n) is 3.04. The molecule has 0 atom stereocenters. The van der Waals surface area contributed by atoms with Crippen LogP contribution in [0.3, 0.4) is 0 Å². The molecule has 0 N–H and O–H groups in total. The fraction of sp³-hybridized carbons (Fsp3) is 0.333. The number of rotatable bonds is 3. The van der Waals surface area contributed by atoms with Crippen LogP contribution in [0.4, 0.5) is 0 Å². The van der Waals surface area contributed by atoms with Gasteiger partial charge in [0.05, 0.1) is 5.69 Å². The number of nitrogens with zero attached hydrogens (tertiary/aromatic N) is 3. The van der Waals surface area contributed by atoms with Crippen LogP contribution in [-0.4, -0.2) is 9.78 Å². The second kappa shape index (κ2) is 5.15. The normalized spacial score (nSPS) is 10.5. The average molecular weight is 255 g/mol. The van der Waals surface area contributed by atoms with E-state index in [1.165, 1.54) is 5.56 Å². The maximum Gasteiger partial charge on any atom is 0.235 e. The van der Waals surface area contributed by atoms with Crippen molar-refractivity contribution in [2.75, 3.05) is 0 Å². The van der Waals surface area contributed by atoms with Crippen molar-refractivity contribution in [2.45, 2.75) is 26.7 Å². The Labute approximate surface area is 113 Å². The molecule has 1 aromatic heterocycles. The van der Waals surface area contributed by atoms with Crippen LogP contribution in [0.25, 0.3) is 0 Å². The SMILES string of the molecule is Cc1nn(C)c(Oc2ccc(C(C)C)cc2)c1C#N. The Balaban J connectivity index is 2.29. The first kappa shape index (κ1) is 13.2. The van der Waals surface area contributed by atoms with Gasteiger partial charge in [-0.15, -0.1) is 0 Å². The van der Waals surface area contributed by atoms with Crippen molar-refractivity contribution >= 4 is 0 Å². The first-order chi connectivity index (χ1) is 9.02. The van der Waals surface area contributed by atoms with Crippen molar-refractivity contribution in [1.82, 2.24) is 9.78 Å². The van der Waals surface area contributed by atoms with Gasteiger partial charge in [-0.1, -0.05) is 26.0 Å². The highest BCUT2D eigenvalue weighted by Gasteiger charge is 2.15. The van der Waals surface area contributed by atoms with Crippen molar-refractivity contribution in [3.8, 4) is 17.7 Å². The molecule has 1 heterocycles. The number of nitriles is 1. The summed E-state index contributed by atoms with van der Waals surface area (Å²) >= 11 is 0. The Bertz CT molecular complexity index is 618. The van der Waals surface area contributed by atoms with Crippen molar-refractivity contribution in [1.29, 1.82) is 5.26 Å². The number of benzene rings is 1. The molecule has 98 valence electrons. The summed E-state index contributed by atoms with van der Waals surface area (Å²) in [4.78, 5) is 0. The van der Waals surface area contributed by atoms with E-state index in [0.29, 0.717) is 28.8 Å². The smallest absolute Gasteiger partial charge is 0.235 e. The van der Waals surface area contributed by atoms with Gasteiger partial charge in [0.2, 0.25) is 5.88 Å². The molecule has 0 saturated carbocycles. The molecule has 2 aromatic rings. The van der Waals surface area contributed by atoms with Gasteiger partial charge in [0.25, 0.3) is 0 Å². The second-order valence-corrected chi connectivity index (χ2v) is 4.83. The molecule has 0 spiro atoms. The summed E-state index contributed by atoms with van der Waals surface area (Å²) in [5.41, 5.74) is 2.42. The van der Waals surface area contributed by atoms with E-state index in [1.54, 1.807) is 18.7 Å². The molecular formula is C15H17N3O. The Hall–Kier alpha value is -2.28. The van der Waals surface area contributed by atoms with Gasteiger partial charge in [-0.05, 0) is 30.5 Å². The quantitative estimate of drug-likeness (QED) is 0.843. The Morgan fingerprint density at radius 3 is 2.42 bits per heavy atom. The van der Waals surface area contributed by atoms with Crippen molar-refractivity contribution in [2.24, 2.45) is 7.05 Å². The lowest BCUT2D eigenvalue weighted by Crippen LogP contribution is -1.96. The van der Waals surface area contributed by atoms with Crippen LogP contribution in [0.1, 0.15) is 36.6 Å². The standard InChI is InChI=1S/C15H17N3O/c1-10(2)12-5-7-13(8-6-12)19-15-14(9-16)11(3)17-18(15)4/h5-8,10H,1-4H3. The van der Waals surface area contributed by atoms with Crippen molar-refractivity contribution in [3.63, 3.8) is 0 Å². The topological polar surface area (TPSA) is 50.8 Å². The third kappa shape index (κ3) is 2.60. The molecule has 2 rings (SSSR count). The number of aryl methyl sites for hydroxylation is 2. The van der Waals surface area contributed by atoms with Crippen LogP contribution in [0.2, 0.25) is 0 Å². The minimum absolute atomic E-state index is 0.482. The lowest BCUT2D eigenvalue weighted by atomic mass is 10.0. The van der Waals surface area contributed by atoms with Crippen LogP contribution in [0.5, 0.6) is 11.6 Å². The van der Waals surface area contributed by atoms with E-state index < -0.39 is 0 Å². The zero-order chi connectivity index (χ0) is 14.0. The van der Waals surface area contributed by atoms with E-state index in [0.717, 1.165) is 0 Å². The summed E-state index contributed by atoms with van der Waals surface area (Å²) in [5, 5.41) is 13.3. The second-order valence-electron chi connectivity index (χ2n) is 4.83. The minimum atomic E-state index is 0.482. The van der Waals surface area contributed by atoms with Gasteiger partial charge in [-0.25, -0.2) is 4.68 Å². The highest BCUT2D eigenvalue weighted by Crippen LogP contribution is 2.27. The molecule has 0 amide bonds. The van der Waals surface area contributed by atoms with Gasteiger partial charge < -0.3 is 4.74 Å². The molecule has 0 saturated heterocycles. The molecule has 0 aliphatic carbocycles. The zero-order valence-electron chi connectivity index (χ0n) is 11.6. The first-order valence-corrected chi connectivity index (χ1v) is 6.24. The lowest BCUT2D eigenvalue weighted by Gasteiger charge is -2.08. The predicted octanol–water partition coefficient (Wildman–Crippen LogP) is 3.52. The van der Waals surface area contributed by atoms with Crippen LogP contribution < -0.4 is 4.74 Å². The Kier molecular flexibility index (Phi) is 3.57. The van der Waals surface area contributed by atoms with Crippen LogP contribution >= 0.6 is 0 Å². The van der Waals surface area contributed by atoms with Gasteiger partial charge in [-0.2, -0.15) is 10.4 Å². The molecule has 4 nitrogen and oxygen atoms in total. The Morgan fingerprint density at radius 2 is 1.89 bits per heavy atom. The highest BCUT2D eigenvalue weighted by molar-refractivity contribution is 5.44. The zero-order valence-corrected chi connectivity index (χ0v) is 11.6. The highest BCUT2D eigenvalue weighted by atomic mass is 16.5. The van der Waals surface area contributed by atoms with Crippen LogP contribution in [0.15, 0.2) is 24.3 Å². The average Bonchev–Trinajstić information content (AvgIpc) is 2.64. The minimum Gasteiger partial charge on any atom is -0.438 e. The fourth-order valence-corrected chi connectivity index (χ4v) is 1.92. The molecule has 1 aromatic carbocycles. The van der Waals surface area contributed by atoms with E-state index >= 15 is 0 Å². The summed E-state index contributed by atoms with van der Waals surface area (Å²) in [6.07, 6.45) is 0. The summed E-state index contributed by atoms with van der Waals surface area (Å²) in [6, 6.07) is 10.0. The van der Waals surface area contributed by atoms with Crippen LogP contribution in [0, 0.1) is 18.3 Å². The summed E-state index contributed by atoms with van der Waals surface area (Å²) in [5.74, 6) is 1.68. The van der Waals surface area contributed by atoms with E-state index in [-0.39, 0.29) is 0 Å². The maximum absolute atomic E-state index is 9.12. The molecule has 0 bridgehead atoms. The third-order valence-corrected chi connectivity index (χ3v) is 3.04. The van der Waals surface area contributed by atoms with E-state index in [9.17, 15) is 0 Å². The van der Waals surface area contributed by atoms with Gasteiger partial charge in [0, 0.05) is 7.05 Å². The predicted molar refractivity (Wildman–Crippen MR) is 73.3 cm³/mol. The summed E-state index contributed by atoms with van der Waals surface area (Å²) in [6.45, 7) is 6.09. The van der Waals surface area contributed by atoms with Crippen LogP contribution in [-0.2, 0) is 7.05 Å². The number of hydrogen-bond donors (Lipinski definition) is 0. The van der Waals surface area contributed by atoms with Gasteiger partial charge >= 0.3 is 0 Å². The van der Waals surface area contributed by atoms with Gasteiger partial charge in [-0.3, -0.25) is 0 Å². The summed E-state index contributed by atoms with van der Waals surface area (Å²) < 4.78 is 7.35. The lowest BCUT2D eigenvalue weighted by molar-refractivity contribution is 0.429. The molecule has 0 aliphatic rings.